The van der Waals surface area contributed by atoms with E-state index in [-0.39, 0.29) is 24.5 Å². The topological polar surface area (TPSA) is 86.0 Å². The summed E-state index contributed by atoms with van der Waals surface area (Å²) in [7, 11) is 0. The van der Waals surface area contributed by atoms with Crippen molar-refractivity contribution in [1.29, 1.82) is 0 Å². The molecule has 28 heavy (non-hydrogen) atoms. The van der Waals surface area contributed by atoms with Crippen molar-refractivity contribution in [2.75, 3.05) is 6.61 Å². The molecule has 0 aliphatic heterocycles. The van der Waals surface area contributed by atoms with E-state index in [9.17, 15) is 14.7 Å². The highest BCUT2D eigenvalue weighted by molar-refractivity contribution is 5.83. The summed E-state index contributed by atoms with van der Waals surface area (Å²) in [4.78, 5) is 23.9. The highest BCUT2D eigenvalue weighted by atomic mass is 16.6. The maximum atomic E-state index is 12.1. The first-order valence-electron chi connectivity index (χ1n) is 9.02. The lowest BCUT2D eigenvalue weighted by atomic mass is 10.0. The fourth-order valence-corrected chi connectivity index (χ4v) is 3.07. The summed E-state index contributed by atoms with van der Waals surface area (Å²) in [6.07, 6.45) is 0.615. The van der Waals surface area contributed by atoms with Gasteiger partial charge in [0.2, 0.25) is 0 Å². The van der Waals surface area contributed by atoms with E-state index in [0.717, 1.165) is 11.1 Å². The first-order valence-corrected chi connectivity index (χ1v) is 9.02. The summed E-state index contributed by atoms with van der Waals surface area (Å²) in [6, 6.07) is 10.2. The van der Waals surface area contributed by atoms with Gasteiger partial charge < -0.3 is 19.0 Å². The zero-order chi connectivity index (χ0) is 20.3. The van der Waals surface area contributed by atoms with Gasteiger partial charge in [0.15, 0.2) is 6.61 Å². The van der Waals surface area contributed by atoms with E-state index >= 15 is 0 Å². The monoisotopic (exact) mass is 382 g/mol. The summed E-state index contributed by atoms with van der Waals surface area (Å²) in [5.74, 6) is 0.182. The van der Waals surface area contributed by atoms with Crippen LogP contribution in [0.3, 0.4) is 0 Å². The summed E-state index contributed by atoms with van der Waals surface area (Å²) < 4.78 is 16.0. The van der Waals surface area contributed by atoms with Crippen LogP contribution >= 0.6 is 0 Å². The van der Waals surface area contributed by atoms with Gasteiger partial charge in [-0.2, -0.15) is 0 Å². The number of carbonyl (C=O) groups excluding carboxylic acids is 1. The second-order valence-corrected chi connectivity index (χ2v) is 6.59. The summed E-state index contributed by atoms with van der Waals surface area (Å²) >= 11 is 0. The number of phenols is 1. The maximum absolute atomic E-state index is 12.1. The number of hydrogen-bond donors (Lipinski definition) is 1. The van der Waals surface area contributed by atoms with Crippen LogP contribution in [0, 0.1) is 13.8 Å². The van der Waals surface area contributed by atoms with Crippen molar-refractivity contribution in [3.05, 3.63) is 69.1 Å². The Labute approximate surface area is 162 Å². The van der Waals surface area contributed by atoms with Crippen molar-refractivity contribution in [2.24, 2.45) is 0 Å². The Morgan fingerprint density at radius 2 is 1.82 bits per heavy atom. The van der Waals surface area contributed by atoms with Crippen molar-refractivity contribution in [2.45, 2.75) is 33.8 Å². The predicted octanol–water partition coefficient (Wildman–Crippen LogP) is 3.80. The number of carbonyl (C=O) groups is 1. The molecule has 1 aromatic heterocycles. The number of hydrogen-bond acceptors (Lipinski definition) is 6. The molecule has 0 fully saturated rings. The predicted molar refractivity (Wildman–Crippen MR) is 105 cm³/mol. The molecule has 1 N–H and O–H groups in total. The molecule has 0 aliphatic rings. The molecule has 0 aliphatic carbocycles. The van der Waals surface area contributed by atoms with Gasteiger partial charge in [-0.25, -0.2) is 9.59 Å². The Bertz CT molecular complexity index is 1060. The Hall–Kier alpha value is -3.28. The van der Waals surface area contributed by atoms with Crippen LogP contribution in [0.4, 0.5) is 0 Å². The zero-order valence-electron chi connectivity index (χ0n) is 16.1. The van der Waals surface area contributed by atoms with Crippen molar-refractivity contribution in [1.82, 2.24) is 0 Å². The lowest BCUT2D eigenvalue weighted by Crippen LogP contribution is -2.16. The van der Waals surface area contributed by atoms with Crippen LogP contribution in [0.15, 0.2) is 45.6 Å². The van der Waals surface area contributed by atoms with Crippen LogP contribution in [-0.4, -0.2) is 17.7 Å². The molecule has 0 radical (unpaired) electrons. The van der Waals surface area contributed by atoms with Gasteiger partial charge in [0.1, 0.15) is 23.7 Å². The number of rotatable bonds is 6. The minimum atomic E-state index is -0.575. The van der Waals surface area contributed by atoms with Crippen LogP contribution in [0.1, 0.15) is 29.2 Å². The lowest BCUT2D eigenvalue weighted by molar-refractivity contribution is -0.147. The van der Waals surface area contributed by atoms with Crippen molar-refractivity contribution >= 4 is 16.9 Å². The average Bonchev–Trinajstić information content (AvgIpc) is 2.65. The van der Waals surface area contributed by atoms with Crippen LogP contribution in [0.2, 0.25) is 0 Å². The van der Waals surface area contributed by atoms with Gasteiger partial charge in [-0.05, 0) is 43.0 Å². The molecular formula is C22H22O6. The molecule has 146 valence electrons. The van der Waals surface area contributed by atoms with E-state index in [1.807, 2.05) is 39.0 Å². The largest absolute Gasteiger partial charge is 0.508 e. The van der Waals surface area contributed by atoms with E-state index < -0.39 is 11.6 Å². The molecule has 0 spiro atoms. The second-order valence-electron chi connectivity index (χ2n) is 6.59. The van der Waals surface area contributed by atoms with Crippen molar-refractivity contribution < 1.29 is 23.8 Å². The molecule has 0 atom stereocenters. The van der Waals surface area contributed by atoms with Gasteiger partial charge in [-0.3, -0.25) is 0 Å². The van der Waals surface area contributed by atoms with E-state index in [2.05, 4.69) is 0 Å². The van der Waals surface area contributed by atoms with E-state index in [1.54, 1.807) is 6.07 Å². The fraction of sp³-hybridized carbons (Fsp3) is 0.273. The molecule has 6 heteroatoms. The van der Waals surface area contributed by atoms with Gasteiger partial charge in [0, 0.05) is 23.1 Å². The van der Waals surface area contributed by atoms with Crippen molar-refractivity contribution in [3.63, 3.8) is 0 Å². The standard InChI is InChI=1S/C22H22O6/c1-4-15-8-17-16(9-20(24)28-19(17)10-18(15)23)11-26-21(25)12-27-22-13(2)6-5-7-14(22)3/h5-10,23H,4,11-12H2,1-3H3. The van der Waals surface area contributed by atoms with E-state index in [4.69, 9.17) is 13.9 Å². The molecule has 0 amide bonds. The molecule has 0 saturated carbocycles. The van der Waals surface area contributed by atoms with Crippen LogP contribution < -0.4 is 10.4 Å². The van der Waals surface area contributed by atoms with E-state index in [0.29, 0.717) is 28.7 Å². The summed E-state index contributed by atoms with van der Waals surface area (Å²) in [5, 5.41) is 10.6. The minimum absolute atomic E-state index is 0.0642. The number of para-hydroxylation sites is 1. The molecule has 6 nitrogen and oxygen atoms in total. The molecule has 0 bridgehead atoms. The average molecular weight is 382 g/mol. The Morgan fingerprint density at radius 1 is 1.11 bits per heavy atom. The zero-order valence-corrected chi connectivity index (χ0v) is 16.1. The number of aromatic hydroxyl groups is 1. The van der Waals surface area contributed by atoms with Crippen molar-refractivity contribution in [3.8, 4) is 11.5 Å². The number of fused-ring (bicyclic) bond motifs is 1. The third-order valence-corrected chi connectivity index (χ3v) is 4.54. The smallest absolute Gasteiger partial charge is 0.344 e. The Morgan fingerprint density at radius 3 is 2.50 bits per heavy atom. The van der Waals surface area contributed by atoms with Crippen LogP contribution in [0.5, 0.6) is 11.5 Å². The first-order chi connectivity index (χ1) is 13.4. The summed E-state index contributed by atoms with van der Waals surface area (Å²) in [5.41, 5.74) is 2.78. The molecule has 0 saturated heterocycles. The number of esters is 1. The van der Waals surface area contributed by atoms with Gasteiger partial charge in [0.25, 0.3) is 0 Å². The fourth-order valence-electron chi connectivity index (χ4n) is 3.07. The lowest BCUT2D eigenvalue weighted by Gasteiger charge is -2.12. The molecule has 2 aromatic carbocycles. The van der Waals surface area contributed by atoms with Crippen LogP contribution in [-0.2, 0) is 22.6 Å². The van der Waals surface area contributed by atoms with Gasteiger partial charge in [-0.1, -0.05) is 25.1 Å². The third kappa shape index (κ3) is 4.17. The first kappa shape index (κ1) is 19.5. The molecule has 0 unspecified atom stereocenters. The van der Waals surface area contributed by atoms with Gasteiger partial charge in [-0.15, -0.1) is 0 Å². The number of aryl methyl sites for hydroxylation is 3. The van der Waals surface area contributed by atoms with Crippen LogP contribution in [0.25, 0.3) is 11.0 Å². The third-order valence-electron chi connectivity index (χ3n) is 4.54. The number of ether oxygens (including phenoxy) is 2. The quantitative estimate of drug-likeness (QED) is 0.515. The number of phenolic OH excluding ortho intramolecular Hbond substituents is 1. The maximum Gasteiger partial charge on any atom is 0.344 e. The van der Waals surface area contributed by atoms with Gasteiger partial charge in [0.05, 0.1) is 0 Å². The van der Waals surface area contributed by atoms with Gasteiger partial charge >= 0.3 is 11.6 Å². The highest BCUT2D eigenvalue weighted by Gasteiger charge is 2.13. The SMILES string of the molecule is CCc1cc2c(COC(=O)COc3c(C)cccc3C)cc(=O)oc2cc1O. The second kappa shape index (κ2) is 8.17. The molecule has 3 aromatic rings. The normalized spacial score (nSPS) is 10.8. The molecule has 3 rings (SSSR count). The summed E-state index contributed by atoms with van der Waals surface area (Å²) in [6.45, 7) is 5.40. The molecular weight excluding hydrogens is 360 g/mol. The number of benzene rings is 2. The minimum Gasteiger partial charge on any atom is -0.508 e. The Kier molecular flexibility index (Phi) is 5.68. The van der Waals surface area contributed by atoms with E-state index in [1.165, 1.54) is 12.1 Å². The Balaban J connectivity index is 1.74. The molecule has 1 heterocycles. The highest BCUT2D eigenvalue weighted by Crippen LogP contribution is 2.27.